The number of nitrogens with zero attached hydrogens (tertiary/aromatic N) is 2. The molecule has 6 nitrogen and oxygen atoms in total. The summed E-state index contributed by atoms with van der Waals surface area (Å²) in [6, 6.07) is 4.04. The number of rotatable bonds is 5. The summed E-state index contributed by atoms with van der Waals surface area (Å²) in [7, 11) is 2.42. The van der Waals surface area contributed by atoms with E-state index in [9.17, 15) is 9.59 Å². The van der Waals surface area contributed by atoms with Crippen LogP contribution in [0.5, 0.6) is 0 Å². The van der Waals surface area contributed by atoms with Gasteiger partial charge in [0.1, 0.15) is 5.82 Å². The van der Waals surface area contributed by atoms with Gasteiger partial charge in [-0.1, -0.05) is 53.3 Å². The van der Waals surface area contributed by atoms with E-state index in [1.165, 1.54) is 51.6 Å². The molecule has 3 aliphatic heterocycles. The second-order valence-corrected chi connectivity index (χ2v) is 8.65. The largest absolute Gasteiger partial charge is 0.357 e. The molecule has 0 spiro atoms. The summed E-state index contributed by atoms with van der Waals surface area (Å²) >= 11 is 0. The normalized spacial score (nSPS) is 21.1. The Labute approximate surface area is 210 Å². The van der Waals surface area contributed by atoms with E-state index in [0.717, 1.165) is 36.3 Å². The Hall–Kier alpha value is -1.52. The first-order chi connectivity index (χ1) is 16.7. The molecule has 4 rings (SSSR count). The lowest BCUT2D eigenvalue weighted by atomic mass is 9.85. The first kappa shape index (κ1) is 30.5. The topological polar surface area (TPSA) is 74.3 Å². The van der Waals surface area contributed by atoms with Crippen molar-refractivity contribution in [2.75, 3.05) is 37.7 Å². The van der Waals surface area contributed by atoms with Crippen LogP contribution in [-0.2, 0) is 9.59 Å². The third kappa shape index (κ3) is 9.62. The molecular weight excluding hydrogens is 443 g/mol. The van der Waals surface area contributed by atoms with Gasteiger partial charge in [0.2, 0.25) is 11.8 Å². The SMILES string of the molecule is CC.CC.CP.O=C1CCC(c2ccc(N3CCC(CCC4CCNCC4)CC3)nc2)C(=O)N1. The van der Waals surface area contributed by atoms with Crippen LogP contribution in [0.15, 0.2) is 18.3 Å². The first-order valence-corrected chi connectivity index (χ1v) is 14.7. The van der Waals surface area contributed by atoms with Crippen molar-refractivity contribution in [3.05, 3.63) is 23.9 Å². The fourth-order valence-electron chi connectivity index (χ4n) is 4.89. The highest BCUT2D eigenvalue weighted by Crippen LogP contribution is 2.30. The Morgan fingerprint density at radius 3 is 2.03 bits per heavy atom. The maximum absolute atomic E-state index is 12.0. The van der Waals surface area contributed by atoms with Crippen molar-refractivity contribution >= 4 is 26.9 Å². The summed E-state index contributed by atoms with van der Waals surface area (Å²) in [5.74, 6) is 2.18. The van der Waals surface area contributed by atoms with Crippen LogP contribution in [0.2, 0.25) is 0 Å². The predicted molar refractivity (Wildman–Crippen MR) is 147 cm³/mol. The molecule has 0 aromatic carbocycles. The average molecular weight is 493 g/mol. The molecule has 194 valence electrons. The summed E-state index contributed by atoms with van der Waals surface area (Å²) < 4.78 is 0. The summed E-state index contributed by atoms with van der Waals surface area (Å²) in [6.45, 7) is 14.5. The van der Waals surface area contributed by atoms with Crippen LogP contribution in [0.3, 0.4) is 0 Å². The van der Waals surface area contributed by atoms with Gasteiger partial charge < -0.3 is 10.2 Å². The molecule has 0 bridgehead atoms. The molecule has 0 radical (unpaired) electrons. The monoisotopic (exact) mass is 492 g/mol. The Balaban J connectivity index is 0.000000894. The summed E-state index contributed by atoms with van der Waals surface area (Å²) in [5.41, 5.74) is 0.908. The van der Waals surface area contributed by atoms with Crippen molar-refractivity contribution in [2.45, 2.75) is 85.0 Å². The molecule has 2 unspecified atom stereocenters. The van der Waals surface area contributed by atoms with Gasteiger partial charge in [-0.25, -0.2) is 4.98 Å². The maximum Gasteiger partial charge on any atom is 0.234 e. The number of carbonyl (C=O) groups excluding carboxylic acids is 2. The van der Waals surface area contributed by atoms with Crippen LogP contribution in [-0.4, -0.2) is 49.6 Å². The highest BCUT2D eigenvalue weighted by Gasteiger charge is 2.28. The maximum atomic E-state index is 12.0. The van der Waals surface area contributed by atoms with E-state index >= 15 is 0 Å². The van der Waals surface area contributed by atoms with E-state index in [1.807, 2.05) is 52.7 Å². The first-order valence-electron chi connectivity index (χ1n) is 13.5. The van der Waals surface area contributed by atoms with Crippen LogP contribution in [0.25, 0.3) is 0 Å². The Bertz CT molecular complexity index is 684. The van der Waals surface area contributed by atoms with Gasteiger partial charge in [0.05, 0.1) is 5.92 Å². The third-order valence-corrected chi connectivity index (χ3v) is 6.79. The number of imide groups is 1. The molecule has 4 heterocycles. The number of carbonyl (C=O) groups is 2. The fraction of sp³-hybridized carbons (Fsp3) is 0.741. The molecule has 3 fully saturated rings. The minimum Gasteiger partial charge on any atom is -0.357 e. The molecular formula is C27H49N4O2P. The van der Waals surface area contributed by atoms with Crippen LogP contribution < -0.4 is 15.5 Å². The van der Waals surface area contributed by atoms with Gasteiger partial charge in [0, 0.05) is 25.7 Å². The average Bonchev–Trinajstić information content (AvgIpc) is 2.92. The van der Waals surface area contributed by atoms with E-state index < -0.39 is 0 Å². The highest BCUT2D eigenvalue weighted by molar-refractivity contribution is 7.15. The number of amides is 2. The zero-order chi connectivity index (χ0) is 25.3. The molecule has 0 saturated carbocycles. The molecule has 1 aromatic rings. The molecule has 2 atom stereocenters. The van der Waals surface area contributed by atoms with Crippen molar-refractivity contribution in [1.82, 2.24) is 15.6 Å². The molecule has 2 N–H and O–H groups in total. The van der Waals surface area contributed by atoms with Gasteiger partial charge in [-0.3, -0.25) is 14.9 Å². The number of piperidine rings is 3. The standard InChI is InChI=1S/C22H32N4O2.2C2H6.CH5P/c27-21-6-4-19(22(28)25-21)18-3-5-20(24-15-18)26-13-9-17(10-14-26)2-1-16-7-11-23-12-8-16;3*1-2/h3,5,15-17,19,23H,1-2,4,6-14H2,(H,25,27,28);2*1-2H3;2H2,1H3. The number of nitrogens with one attached hydrogen (secondary N) is 2. The van der Waals surface area contributed by atoms with E-state index in [-0.39, 0.29) is 17.7 Å². The Kier molecular flexibility index (Phi) is 16.0. The minimum absolute atomic E-state index is 0.172. The lowest BCUT2D eigenvalue weighted by Crippen LogP contribution is -2.39. The van der Waals surface area contributed by atoms with Crippen molar-refractivity contribution in [1.29, 1.82) is 0 Å². The third-order valence-electron chi connectivity index (χ3n) is 6.79. The zero-order valence-electron chi connectivity index (χ0n) is 22.2. The molecule has 34 heavy (non-hydrogen) atoms. The highest BCUT2D eigenvalue weighted by atomic mass is 31.0. The lowest BCUT2D eigenvalue weighted by Gasteiger charge is -2.34. The minimum atomic E-state index is -0.250. The molecule has 3 aliphatic rings. The van der Waals surface area contributed by atoms with Crippen molar-refractivity contribution in [3.8, 4) is 0 Å². The molecule has 1 aromatic heterocycles. The van der Waals surface area contributed by atoms with Crippen molar-refractivity contribution < 1.29 is 9.59 Å². The van der Waals surface area contributed by atoms with Gasteiger partial charge in [-0.15, -0.1) is 9.24 Å². The molecule has 3 saturated heterocycles. The zero-order valence-corrected chi connectivity index (χ0v) is 23.4. The van der Waals surface area contributed by atoms with Crippen LogP contribution >= 0.6 is 9.24 Å². The van der Waals surface area contributed by atoms with Gasteiger partial charge in [-0.05, 0) is 68.7 Å². The summed E-state index contributed by atoms with van der Waals surface area (Å²) in [5, 5.41) is 5.88. The summed E-state index contributed by atoms with van der Waals surface area (Å²) in [4.78, 5) is 30.3. The molecule has 7 heteroatoms. The van der Waals surface area contributed by atoms with E-state index in [0.29, 0.717) is 12.8 Å². The quantitative estimate of drug-likeness (QED) is 0.440. The predicted octanol–water partition coefficient (Wildman–Crippen LogP) is 5.14. The van der Waals surface area contributed by atoms with Crippen molar-refractivity contribution in [3.63, 3.8) is 0 Å². The smallest absolute Gasteiger partial charge is 0.234 e. The van der Waals surface area contributed by atoms with E-state index in [2.05, 4.69) is 29.8 Å². The summed E-state index contributed by atoms with van der Waals surface area (Å²) in [6.07, 6.45) is 10.8. The van der Waals surface area contributed by atoms with Gasteiger partial charge in [0.15, 0.2) is 0 Å². The lowest BCUT2D eigenvalue weighted by molar-refractivity contribution is -0.134. The van der Waals surface area contributed by atoms with Gasteiger partial charge >= 0.3 is 0 Å². The van der Waals surface area contributed by atoms with E-state index in [4.69, 9.17) is 0 Å². The number of anilines is 1. The number of pyridine rings is 1. The Morgan fingerprint density at radius 1 is 0.912 bits per heavy atom. The van der Waals surface area contributed by atoms with Crippen LogP contribution in [0.1, 0.15) is 90.5 Å². The van der Waals surface area contributed by atoms with Gasteiger partial charge in [-0.2, -0.15) is 0 Å². The second-order valence-electron chi connectivity index (χ2n) is 8.65. The fourth-order valence-corrected chi connectivity index (χ4v) is 4.89. The van der Waals surface area contributed by atoms with Crippen LogP contribution in [0.4, 0.5) is 5.82 Å². The molecule has 0 aliphatic carbocycles. The number of aromatic nitrogens is 1. The second kappa shape index (κ2) is 17.8. The number of hydrogen-bond acceptors (Lipinski definition) is 5. The Morgan fingerprint density at radius 2 is 1.50 bits per heavy atom. The van der Waals surface area contributed by atoms with E-state index in [1.54, 1.807) is 0 Å². The van der Waals surface area contributed by atoms with Gasteiger partial charge in [0.25, 0.3) is 0 Å². The van der Waals surface area contributed by atoms with Crippen LogP contribution in [0, 0.1) is 11.8 Å². The number of hydrogen-bond donors (Lipinski definition) is 2. The van der Waals surface area contributed by atoms with Crippen molar-refractivity contribution in [2.24, 2.45) is 11.8 Å². The molecule has 2 amide bonds.